The van der Waals surface area contributed by atoms with Gasteiger partial charge in [0.1, 0.15) is 5.82 Å². The SMILES string of the molecule is Cc1cccc(C(O)C(CN)c2ccccc2)c1F. The molecule has 2 unspecified atom stereocenters. The Kier molecular flexibility index (Phi) is 4.30. The lowest BCUT2D eigenvalue weighted by atomic mass is 9.88. The molecule has 0 fully saturated rings. The molecular formula is C16H18FNO. The van der Waals surface area contributed by atoms with E-state index in [1.165, 1.54) is 0 Å². The van der Waals surface area contributed by atoms with Crippen molar-refractivity contribution in [2.24, 2.45) is 5.73 Å². The van der Waals surface area contributed by atoms with Gasteiger partial charge in [-0.3, -0.25) is 0 Å². The highest BCUT2D eigenvalue weighted by molar-refractivity contribution is 5.31. The zero-order valence-electron chi connectivity index (χ0n) is 10.9. The summed E-state index contributed by atoms with van der Waals surface area (Å²) in [6, 6.07) is 14.5. The van der Waals surface area contributed by atoms with Gasteiger partial charge < -0.3 is 10.8 Å². The molecule has 2 aromatic rings. The first-order valence-electron chi connectivity index (χ1n) is 6.33. The average molecular weight is 259 g/mol. The third kappa shape index (κ3) is 2.83. The first-order valence-corrected chi connectivity index (χ1v) is 6.33. The van der Waals surface area contributed by atoms with Gasteiger partial charge in [-0.1, -0.05) is 48.5 Å². The number of halogens is 1. The summed E-state index contributed by atoms with van der Waals surface area (Å²) in [4.78, 5) is 0. The standard InChI is InChI=1S/C16H18FNO/c1-11-6-5-9-13(15(11)17)16(19)14(10-18)12-7-3-2-4-8-12/h2-9,14,16,19H,10,18H2,1H3. The summed E-state index contributed by atoms with van der Waals surface area (Å²) in [5.41, 5.74) is 7.50. The van der Waals surface area contributed by atoms with Crippen LogP contribution < -0.4 is 5.73 Å². The Morgan fingerprint density at radius 2 is 1.79 bits per heavy atom. The molecule has 0 aliphatic heterocycles. The second kappa shape index (κ2) is 5.95. The minimum absolute atomic E-state index is 0.262. The van der Waals surface area contributed by atoms with Gasteiger partial charge in [-0.15, -0.1) is 0 Å². The largest absolute Gasteiger partial charge is 0.388 e. The number of hydrogen-bond donors (Lipinski definition) is 2. The second-order valence-electron chi connectivity index (χ2n) is 4.68. The Labute approximate surface area is 112 Å². The van der Waals surface area contributed by atoms with E-state index in [-0.39, 0.29) is 18.3 Å². The summed E-state index contributed by atoms with van der Waals surface area (Å²) in [5.74, 6) is -0.665. The molecule has 0 radical (unpaired) electrons. The number of nitrogens with two attached hydrogens (primary N) is 1. The highest BCUT2D eigenvalue weighted by atomic mass is 19.1. The van der Waals surface area contributed by atoms with Crippen LogP contribution in [0.4, 0.5) is 4.39 Å². The molecule has 0 aromatic heterocycles. The fraction of sp³-hybridized carbons (Fsp3) is 0.250. The molecule has 3 N–H and O–H groups in total. The van der Waals surface area contributed by atoms with Crippen LogP contribution in [0.1, 0.15) is 28.7 Å². The smallest absolute Gasteiger partial charge is 0.131 e. The Balaban J connectivity index is 2.36. The van der Waals surface area contributed by atoms with E-state index in [2.05, 4.69) is 0 Å². The summed E-state index contributed by atoms with van der Waals surface area (Å²) in [7, 11) is 0. The number of aliphatic hydroxyl groups is 1. The van der Waals surface area contributed by atoms with E-state index >= 15 is 0 Å². The Bertz CT molecular complexity index is 542. The molecule has 0 heterocycles. The van der Waals surface area contributed by atoms with Crippen LogP contribution in [0.2, 0.25) is 0 Å². The van der Waals surface area contributed by atoms with Crippen molar-refractivity contribution in [3.63, 3.8) is 0 Å². The van der Waals surface area contributed by atoms with E-state index in [4.69, 9.17) is 5.73 Å². The lowest BCUT2D eigenvalue weighted by Gasteiger charge is -2.23. The zero-order valence-corrected chi connectivity index (χ0v) is 10.9. The van der Waals surface area contributed by atoms with E-state index in [0.29, 0.717) is 11.1 Å². The third-order valence-electron chi connectivity index (χ3n) is 3.40. The van der Waals surface area contributed by atoms with Crippen molar-refractivity contribution in [3.8, 4) is 0 Å². The van der Waals surface area contributed by atoms with Crippen molar-refractivity contribution in [2.45, 2.75) is 18.9 Å². The van der Waals surface area contributed by atoms with Gasteiger partial charge in [0.25, 0.3) is 0 Å². The normalized spacial score (nSPS) is 14.1. The molecule has 2 rings (SSSR count). The third-order valence-corrected chi connectivity index (χ3v) is 3.40. The number of aliphatic hydroxyl groups excluding tert-OH is 1. The molecule has 3 heteroatoms. The molecule has 100 valence electrons. The number of rotatable bonds is 4. The van der Waals surface area contributed by atoms with Gasteiger partial charge in [-0.05, 0) is 18.1 Å². The van der Waals surface area contributed by atoms with Crippen molar-refractivity contribution in [2.75, 3.05) is 6.54 Å². The Morgan fingerprint density at radius 1 is 1.11 bits per heavy atom. The van der Waals surface area contributed by atoms with Gasteiger partial charge in [0.05, 0.1) is 6.10 Å². The molecule has 19 heavy (non-hydrogen) atoms. The average Bonchev–Trinajstić information content (AvgIpc) is 2.44. The van der Waals surface area contributed by atoms with E-state index in [1.54, 1.807) is 25.1 Å². The van der Waals surface area contributed by atoms with Gasteiger partial charge in [0, 0.05) is 18.0 Å². The summed E-state index contributed by atoms with van der Waals surface area (Å²) in [6.07, 6.45) is -0.938. The van der Waals surface area contributed by atoms with Crippen LogP contribution in [-0.2, 0) is 0 Å². The van der Waals surface area contributed by atoms with Crippen molar-refractivity contribution in [1.29, 1.82) is 0 Å². The maximum Gasteiger partial charge on any atom is 0.131 e. The van der Waals surface area contributed by atoms with Crippen molar-refractivity contribution in [1.82, 2.24) is 0 Å². The van der Waals surface area contributed by atoms with Gasteiger partial charge >= 0.3 is 0 Å². The quantitative estimate of drug-likeness (QED) is 0.886. The minimum atomic E-state index is -0.938. The maximum atomic E-state index is 14.1. The topological polar surface area (TPSA) is 46.2 Å². The highest BCUT2D eigenvalue weighted by Gasteiger charge is 2.24. The van der Waals surface area contributed by atoms with Crippen molar-refractivity contribution in [3.05, 3.63) is 71.0 Å². The lowest BCUT2D eigenvalue weighted by Crippen LogP contribution is -2.21. The molecule has 0 saturated carbocycles. The van der Waals surface area contributed by atoms with E-state index in [9.17, 15) is 9.50 Å². The predicted octanol–water partition coefficient (Wildman–Crippen LogP) is 2.91. The molecule has 0 aliphatic rings. The molecule has 2 aromatic carbocycles. The van der Waals surface area contributed by atoms with Crippen LogP contribution >= 0.6 is 0 Å². The molecule has 0 aliphatic carbocycles. The van der Waals surface area contributed by atoms with Crippen LogP contribution in [0.15, 0.2) is 48.5 Å². The number of benzene rings is 2. The van der Waals surface area contributed by atoms with Crippen LogP contribution in [0.25, 0.3) is 0 Å². The second-order valence-corrected chi connectivity index (χ2v) is 4.68. The summed E-state index contributed by atoms with van der Waals surface area (Å²) < 4.78 is 14.1. The van der Waals surface area contributed by atoms with Crippen LogP contribution in [0.5, 0.6) is 0 Å². The van der Waals surface area contributed by atoms with Crippen LogP contribution in [-0.4, -0.2) is 11.7 Å². The lowest BCUT2D eigenvalue weighted by molar-refractivity contribution is 0.143. The predicted molar refractivity (Wildman–Crippen MR) is 74.3 cm³/mol. The molecular weight excluding hydrogens is 241 g/mol. The minimum Gasteiger partial charge on any atom is -0.388 e. The van der Waals surface area contributed by atoms with Gasteiger partial charge in [-0.25, -0.2) is 4.39 Å². The zero-order chi connectivity index (χ0) is 13.8. The van der Waals surface area contributed by atoms with Gasteiger partial charge in [0.2, 0.25) is 0 Å². The Hall–Kier alpha value is -1.71. The maximum absolute atomic E-state index is 14.1. The molecule has 2 nitrogen and oxygen atoms in total. The molecule has 0 saturated heterocycles. The van der Waals surface area contributed by atoms with Crippen molar-refractivity contribution >= 4 is 0 Å². The monoisotopic (exact) mass is 259 g/mol. The Morgan fingerprint density at radius 3 is 2.42 bits per heavy atom. The van der Waals surface area contributed by atoms with Crippen LogP contribution in [0, 0.1) is 12.7 Å². The van der Waals surface area contributed by atoms with Crippen molar-refractivity contribution < 1.29 is 9.50 Å². The molecule has 2 atom stereocenters. The van der Waals surface area contributed by atoms with E-state index in [1.807, 2.05) is 30.3 Å². The molecule has 0 bridgehead atoms. The summed E-state index contributed by atoms with van der Waals surface area (Å²) in [6.45, 7) is 1.95. The fourth-order valence-corrected chi connectivity index (χ4v) is 2.26. The van der Waals surface area contributed by atoms with Crippen LogP contribution in [0.3, 0.4) is 0 Å². The first-order chi connectivity index (χ1) is 9.15. The molecule has 0 spiro atoms. The van der Waals surface area contributed by atoms with E-state index < -0.39 is 6.10 Å². The highest BCUT2D eigenvalue weighted by Crippen LogP contribution is 2.32. The van der Waals surface area contributed by atoms with Gasteiger partial charge in [-0.2, -0.15) is 0 Å². The first kappa shape index (κ1) is 13.7. The number of aryl methyl sites for hydroxylation is 1. The summed E-state index contributed by atoms with van der Waals surface area (Å²) >= 11 is 0. The molecule has 0 amide bonds. The number of hydrogen-bond acceptors (Lipinski definition) is 2. The van der Waals surface area contributed by atoms with E-state index in [0.717, 1.165) is 5.56 Å². The van der Waals surface area contributed by atoms with Gasteiger partial charge in [0.15, 0.2) is 0 Å². The fourth-order valence-electron chi connectivity index (χ4n) is 2.26. The summed E-state index contributed by atoms with van der Waals surface area (Å²) in [5, 5.41) is 10.4.